The first-order valence-electron chi connectivity index (χ1n) is 10.6. The molecule has 1 aliphatic carbocycles. The van der Waals surface area contributed by atoms with E-state index in [9.17, 15) is 19.5 Å². The van der Waals surface area contributed by atoms with Crippen molar-refractivity contribution in [2.75, 3.05) is 19.7 Å². The van der Waals surface area contributed by atoms with Crippen molar-refractivity contribution in [1.29, 1.82) is 0 Å². The Morgan fingerprint density at radius 3 is 2.19 bits per heavy atom. The second-order valence-corrected chi connectivity index (χ2v) is 8.65. The van der Waals surface area contributed by atoms with E-state index in [0.717, 1.165) is 22.3 Å². The van der Waals surface area contributed by atoms with Gasteiger partial charge in [0.25, 0.3) is 0 Å². The van der Waals surface area contributed by atoms with Crippen molar-refractivity contribution in [3.63, 3.8) is 0 Å². The number of ether oxygens (including phenoxy) is 1. The van der Waals surface area contributed by atoms with Gasteiger partial charge in [0.15, 0.2) is 0 Å². The lowest BCUT2D eigenvalue weighted by Crippen LogP contribution is -2.65. The number of aliphatic carboxylic acids is 1. The molecule has 0 bridgehead atoms. The summed E-state index contributed by atoms with van der Waals surface area (Å²) < 4.78 is 5.48. The molecule has 1 heterocycles. The first-order chi connectivity index (χ1) is 15.2. The van der Waals surface area contributed by atoms with Gasteiger partial charge in [0.1, 0.15) is 12.6 Å². The van der Waals surface area contributed by atoms with Crippen molar-refractivity contribution in [3.05, 3.63) is 59.7 Å². The molecule has 0 saturated carbocycles. The van der Waals surface area contributed by atoms with E-state index >= 15 is 0 Å². The second kappa shape index (κ2) is 8.63. The van der Waals surface area contributed by atoms with E-state index < -0.39 is 29.6 Å². The molecular weight excluding hydrogens is 412 g/mol. The molecule has 1 fully saturated rings. The summed E-state index contributed by atoms with van der Waals surface area (Å²) in [6, 6.07) is 14.9. The minimum Gasteiger partial charge on any atom is -0.481 e. The Labute approximate surface area is 185 Å². The monoisotopic (exact) mass is 438 g/mol. The number of rotatable bonds is 7. The number of nitrogens with zero attached hydrogens (tertiary/aromatic N) is 1. The minimum atomic E-state index is -1.06. The van der Waals surface area contributed by atoms with Gasteiger partial charge in [0, 0.05) is 12.3 Å². The first-order valence-corrected chi connectivity index (χ1v) is 10.6. The van der Waals surface area contributed by atoms with Gasteiger partial charge in [-0.25, -0.2) is 4.79 Å². The van der Waals surface area contributed by atoms with Gasteiger partial charge in [-0.05, 0) is 35.6 Å². The number of nitrogens with one attached hydrogen (secondary N) is 1. The van der Waals surface area contributed by atoms with Crippen LogP contribution in [0.2, 0.25) is 0 Å². The Bertz CT molecular complexity index is 997. The number of alkyl carbamates (subject to hydrolysis) is 1. The number of carboxylic acids is 1. The highest BCUT2D eigenvalue weighted by Crippen LogP contribution is 2.44. The number of aliphatic hydroxyl groups is 1. The molecule has 0 aromatic heterocycles. The number of fused-ring (bicyclic) bond motifs is 3. The van der Waals surface area contributed by atoms with Crippen LogP contribution < -0.4 is 5.32 Å². The van der Waals surface area contributed by atoms with E-state index in [1.807, 2.05) is 48.5 Å². The molecule has 0 spiro atoms. The second-order valence-electron chi connectivity index (χ2n) is 8.65. The molecule has 4 rings (SSSR count). The van der Waals surface area contributed by atoms with Crippen LogP contribution in [0.1, 0.15) is 36.8 Å². The lowest BCUT2D eigenvalue weighted by Gasteiger charge is -2.45. The van der Waals surface area contributed by atoms with Crippen LogP contribution in [0, 0.1) is 0 Å². The molecule has 1 aliphatic heterocycles. The summed E-state index contributed by atoms with van der Waals surface area (Å²) in [6.07, 6.45) is -1.11. The average molecular weight is 438 g/mol. The number of likely N-dealkylation sites (tertiary alicyclic amines) is 1. The molecule has 8 nitrogen and oxygen atoms in total. The molecule has 1 unspecified atom stereocenters. The average Bonchev–Trinajstić information content (AvgIpc) is 3.06. The molecule has 1 atom stereocenters. The van der Waals surface area contributed by atoms with Crippen molar-refractivity contribution in [3.8, 4) is 11.1 Å². The van der Waals surface area contributed by atoms with Gasteiger partial charge in [-0.2, -0.15) is 0 Å². The standard InChI is InChI=1S/C24H26N2O6/c1-24(31)13-26(14-24)22(29)20(10-11-21(27)28)25-23(30)32-12-19-17-8-4-2-6-15(17)16-7-3-5-9-18(16)19/h2-9,19-20,31H,10-14H2,1H3,(H,25,30)(H,27,28). The Hall–Kier alpha value is -3.39. The van der Waals surface area contributed by atoms with Crippen LogP contribution in [0.25, 0.3) is 11.1 Å². The Morgan fingerprint density at radius 2 is 1.66 bits per heavy atom. The van der Waals surface area contributed by atoms with Gasteiger partial charge >= 0.3 is 12.1 Å². The maximum absolute atomic E-state index is 12.7. The van der Waals surface area contributed by atoms with Gasteiger partial charge in [-0.3, -0.25) is 9.59 Å². The highest BCUT2D eigenvalue weighted by molar-refractivity contribution is 5.87. The Balaban J connectivity index is 1.41. The van der Waals surface area contributed by atoms with Crippen molar-refractivity contribution in [1.82, 2.24) is 10.2 Å². The quantitative estimate of drug-likeness (QED) is 0.611. The van der Waals surface area contributed by atoms with E-state index in [1.165, 1.54) is 4.90 Å². The summed E-state index contributed by atoms with van der Waals surface area (Å²) in [5, 5.41) is 21.4. The van der Waals surface area contributed by atoms with E-state index in [-0.39, 0.29) is 38.5 Å². The molecule has 2 aromatic rings. The zero-order chi connectivity index (χ0) is 22.9. The van der Waals surface area contributed by atoms with Gasteiger partial charge in [-0.15, -0.1) is 0 Å². The molecule has 2 amide bonds. The lowest BCUT2D eigenvalue weighted by molar-refractivity contribution is -0.154. The third-order valence-electron chi connectivity index (χ3n) is 5.96. The van der Waals surface area contributed by atoms with Crippen LogP contribution in [0.3, 0.4) is 0 Å². The zero-order valence-corrected chi connectivity index (χ0v) is 17.8. The Kier molecular flexibility index (Phi) is 5.88. The lowest BCUT2D eigenvalue weighted by atomic mass is 9.95. The molecular formula is C24H26N2O6. The first kappa shape index (κ1) is 21.8. The summed E-state index contributed by atoms with van der Waals surface area (Å²) in [4.78, 5) is 37.6. The number of hydrogen-bond acceptors (Lipinski definition) is 5. The van der Waals surface area contributed by atoms with E-state index in [4.69, 9.17) is 9.84 Å². The number of β-amino-alcohol motifs (C(OH)–C–C–N with tert-alkyl or cyclic N) is 1. The fraction of sp³-hybridized carbons (Fsp3) is 0.375. The van der Waals surface area contributed by atoms with Gasteiger partial charge < -0.3 is 25.2 Å². The number of benzene rings is 2. The summed E-state index contributed by atoms with van der Waals surface area (Å²) in [6.45, 7) is 1.99. The third-order valence-corrected chi connectivity index (χ3v) is 5.96. The molecule has 0 radical (unpaired) electrons. The zero-order valence-electron chi connectivity index (χ0n) is 17.8. The van der Waals surface area contributed by atoms with Crippen molar-refractivity contribution >= 4 is 18.0 Å². The van der Waals surface area contributed by atoms with Crippen molar-refractivity contribution in [2.24, 2.45) is 0 Å². The number of carboxylic acid groups (broad SMARTS) is 1. The largest absolute Gasteiger partial charge is 0.481 e. The van der Waals surface area contributed by atoms with Crippen LogP contribution in [0.15, 0.2) is 48.5 Å². The van der Waals surface area contributed by atoms with Gasteiger partial charge in [-0.1, -0.05) is 48.5 Å². The number of amides is 2. The SMILES string of the molecule is CC1(O)CN(C(=O)C(CCC(=O)O)NC(=O)OCC2c3ccccc3-c3ccccc32)C1. The van der Waals surface area contributed by atoms with Crippen LogP contribution >= 0.6 is 0 Å². The van der Waals surface area contributed by atoms with Crippen LogP contribution in [-0.4, -0.2) is 64.4 Å². The van der Waals surface area contributed by atoms with Gasteiger partial charge in [0.2, 0.25) is 5.91 Å². The molecule has 168 valence electrons. The molecule has 32 heavy (non-hydrogen) atoms. The molecule has 1 saturated heterocycles. The molecule has 2 aliphatic rings. The highest BCUT2D eigenvalue weighted by Gasteiger charge is 2.42. The normalized spacial score (nSPS) is 17.0. The molecule has 8 heteroatoms. The van der Waals surface area contributed by atoms with E-state index in [0.29, 0.717) is 0 Å². The fourth-order valence-electron chi connectivity index (χ4n) is 4.46. The predicted molar refractivity (Wildman–Crippen MR) is 116 cm³/mol. The fourth-order valence-corrected chi connectivity index (χ4v) is 4.46. The Morgan fingerprint density at radius 1 is 1.09 bits per heavy atom. The number of carbonyl (C=O) groups is 3. The van der Waals surface area contributed by atoms with E-state index in [1.54, 1.807) is 6.92 Å². The minimum absolute atomic E-state index is 0.0585. The van der Waals surface area contributed by atoms with Crippen molar-refractivity contribution in [2.45, 2.75) is 37.3 Å². The molecule has 3 N–H and O–H groups in total. The third kappa shape index (κ3) is 4.45. The van der Waals surface area contributed by atoms with E-state index in [2.05, 4.69) is 5.32 Å². The molecule has 2 aromatic carbocycles. The summed E-state index contributed by atoms with van der Waals surface area (Å²) in [5.74, 6) is -1.61. The number of hydrogen-bond donors (Lipinski definition) is 3. The number of carbonyl (C=O) groups excluding carboxylic acids is 2. The van der Waals surface area contributed by atoms with Gasteiger partial charge in [0.05, 0.1) is 18.7 Å². The highest BCUT2D eigenvalue weighted by atomic mass is 16.5. The summed E-state index contributed by atoms with van der Waals surface area (Å²) in [5.41, 5.74) is 3.40. The topological polar surface area (TPSA) is 116 Å². The smallest absolute Gasteiger partial charge is 0.407 e. The summed E-state index contributed by atoms with van der Waals surface area (Å²) >= 11 is 0. The maximum Gasteiger partial charge on any atom is 0.407 e. The van der Waals surface area contributed by atoms with Crippen LogP contribution in [-0.2, 0) is 14.3 Å². The predicted octanol–water partition coefficient (Wildman–Crippen LogP) is 2.35. The maximum atomic E-state index is 12.7. The van der Waals surface area contributed by atoms with Crippen molar-refractivity contribution < 1.29 is 29.3 Å². The summed E-state index contributed by atoms with van der Waals surface area (Å²) in [7, 11) is 0. The van der Waals surface area contributed by atoms with Crippen LogP contribution in [0.4, 0.5) is 4.79 Å². The van der Waals surface area contributed by atoms with Crippen LogP contribution in [0.5, 0.6) is 0 Å².